The topological polar surface area (TPSA) is 100 Å². The van der Waals surface area contributed by atoms with Crippen LogP contribution in [0.25, 0.3) is 0 Å². The van der Waals surface area contributed by atoms with Crippen molar-refractivity contribution in [3.05, 3.63) is 83.3 Å². The van der Waals surface area contributed by atoms with E-state index in [0.717, 1.165) is 0 Å². The van der Waals surface area contributed by atoms with E-state index < -0.39 is 17.7 Å². The number of furan rings is 1. The molecular formula is C20H16ClN3O4. The van der Waals surface area contributed by atoms with Crippen molar-refractivity contribution in [3.63, 3.8) is 0 Å². The van der Waals surface area contributed by atoms with E-state index in [1.165, 1.54) is 12.3 Å². The molecule has 3 amide bonds. The molecule has 0 atom stereocenters. The smallest absolute Gasteiger partial charge is 0.291 e. The van der Waals surface area contributed by atoms with E-state index in [0.29, 0.717) is 22.0 Å². The molecule has 0 radical (unpaired) electrons. The van der Waals surface area contributed by atoms with Gasteiger partial charge in [0.05, 0.1) is 12.8 Å². The number of halogens is 1. The van der Waals surface area contributed by atoms with Crippen molar-refractivity contribution >= 4 is 40.7 Å². The van der Waals surface area contributed by atoms with E-state index in [2.05, 4.69) is 16.0 Å². The number of amides is 3. The summed E-state index contributed by atoms with van der Waals surface area (Å²) in [5.74, 6) is -1.04. The highest BCUT2D eigenvalue weighted by Crippen LogP contribution is 2.16. The Labute approximate surface area is 165 Å². The fourth-order valence-electron chi connectivity index (χ4n) is 2.37. The van der Waals surface area contributed by atoms with Gasteiger partial charge in [-0.25, -0.2) is 0 Å². The highest BCUT2D eigenvalue weighted by molar-refractivity contribution is 6.31. The normalized spacial score (nSPS) is 10.2. The van der Waals surface area contributed by atoms with Crippen molar-refractivity contribution in [2.75, 3.05) is 17.2 Å². The molecule has 8 heteroatoms. The van der Waals surface area contributed by atoms with E-state index >= 15 is 0 Å². The SMILES string of the molecule is O=C(CNC(=O)c1cccc(Cl)c1)Nc1cccc(NC(=O)c2ccco2)c1. The first-order valence-corrected chi connectivity index (χ1v) is 8.67. The van der Waals surface area contributed by atoms with Gasteiger partial charge in [-0.1, -0.05) is 23.7 Å². The molecule has 3 rings (SSSR count). The van der Waals surface area contributed by atoms with E-state index in [-0.39, 0.29) is 12.3 Å². The minimum Gasteiger partial charge on any atom is -0.459 e. The molecule has 0 aliphatic heterocycles. The number of benzene rings is 2. The van der Waals surface area contributed by atoms with Crippen LogP contribution in [0.1, 0.15) is 20.9 Å². The third-order valence-corrected chi connectivity index (χ3v) is 3.88. The molecule has 0 unspecified atom stereocenters. The molecular weight excluding hydrogens is 382 g/mol. The maximum Gasteiger partial charge on any atom is 0.291 e. The van der Waals surface area contributed by atoms with Crippen LogP contribution in [0.3, 0.4) is 0 Å². The monoisotopic (exact) mass is 397 g/mol. The lowest BCUT2D eigenvalue weighted by Gasteiger charge is -2.09. The van der Waals surface area contributed by atoms with Gasteiger partial charge in [0, 0.05) is 22.0 Å². The van der Waals surface area contributed by atoms with Crippen LogP contribution in [0.4, 0.5) is 11.4 Å². The molecule has 0 bridgehead atoms. The molecule has 1 aromatic heterocycles. The third kappa shape index (κ3) is 5.21. The molecule has 0 spiro atoms. The van der Waals surface area contributed by atoms with Crippen LogP contribution in [-0.2, 0) is 4.79 Å². The average molecular weight is 398 g/mol. The summed E-state index contributed by atoms with van der Waals surface area (Å²) in [6, 6.07) is 16.2. The molecule has 0 aliphatic carbocycles. The molecule has 0 aliphatic rings. The van der Waals surface area contributed by atoms with Crippen molar-refractivity contribution in [2.45, 2.75) is 0 Å². The summed E-state index contributed by atoms with van der Waals surface area (Å²) in [5.41, 5.74) is 1.32. The molecule has 3 N–H and O–H groups in total. The van der Waals surface area contributed by atoms with Gasteiger partial charge in [0.15, 0.2) is 5.76 Å². The second kappa shape index (κ2) is 8.88. The van der Waals surface area contributed by atoms with E-state index in [4.69, 9.17) is 16.0 Å². The molecule has 2 aromatic carbocycles. The van der Waals surface area contributed by atoms with Gasteiger partial charge >= 0.3 is 0 Å². The molecule has 0 fully saturated rings. The highest BCUT2D eigenvalue weighted by Gasteiger charge is 2.11. The van der Waals surface area contributed by atoms with Gasteiger partial charge in [0.1, 0.15) is 0 Å². The minimum atomic E-state index is -0.412. The molecule has 3 aromatic rings. The lowest BCUT2D eigenvalue weighted by atomic mass is 10.2. The Balaban J connectivity index is 1.54. The molecule has 28 heavy (non-hydrogen) atoms. The molecule has 142 valence electrons. The Bertz CT molecular complexity index is 1000. The first-order chi connectivity index (χ1) is 13.5. The number of carbonyl (C=O) groups is 3. The Morgan fingerprint density at radius 3 is 2.32 bits per heavy atom. The number of anilines is 2. The van der Waals surface area contributed by atoms with Crippen molar-refractivity contribution in [2.24, 2.45) is 0 Å². The van der Waals surface area contributed by atoms with Crippen molar-refractivity contribution in [1.82, 2.24) is 5.32 Å². The fourth-order valence-corrected chi connectivity index (χ4v) is 2.56. The number of carbonyl (C=O) groups excluding carboxylic acids is 3. The van der Waals surface area contributed by atoms with Gasteiger partial charge in [-0.3, -0.25) is 14.4 Å². The Morgan fingerprint density at radius 2 is 1.61 bits per heavy atom. The standard InChI is InChI=1S/C20H16ClN3O4/c21-14-5-1-4-13(10-14)19(26)22-12-18(25)23-15-6-2-7-16(11-15)24-20(27)17-8-3-9-28-17/h1-11H,12H2,(H,22,26)(H,23,25)(H,24,27). The number of nitrogens with one attached hydrogen (secondary N) is 3. The lowest BCUT2D eigenvalue weighted by molar-refractivity contribution is -0.115. The predicted octanol–water partition coefficient (Wildman–Crippen LogP) is 3.55. The number of hydrogen-bond donors (Lipinski definition) is 3. The first-order valence-electron chi connectivity index (χ1n) is 8.30. The van der Waals surface area contributed by atoms with Crippen LogP contribution < -0.4 is 16.0 Å². The number of rotatable bonds is 6. The third-order valence-electron chi connectivity index (χ3n) is 3.65. The largest absolute Gasteiger partial charge is 0.459 e. The van der Waals surface area contributed by atoms with Crippen LogP contribution in [0.15, 0.2) is 71.3 Å². The van der Waals surface area contributed by atoms with Gasteiger partial charge < -0.3 is 20.4 Å². The summed E-state index contributed by atoms with van der Waals surface area (Å²) < 4.78 is 5.03. The van der Waals surface area contributed by atoms with Crippen LogP contribution in [0.2, 0.25) is 5.02 Å². The van der Waals surface area contributed by atoms with Crippen molar-refractivity contribution in [1.29, 1.82) is 0 Å². The predicted molar refractivity (Wildman–Crippen MR) is 106 cm³/mol. The van der Waals surface area contributed by atoms with Crippen LogP contribution in [0, 0.1) is 0 Å². The van der Waals surface area contributed by atoms with Gasteiger partial charge in [-0.15, -0.1) is 0 Å². The Hall–Kier alpha value is -3.58. The quantitative estimate of drug-likeness (QED) is 0.592. The summed E-state index contributed by atoms with van der Waals surface area (Å²) >= 11 is 5.85. The Morgan fingerprint density at radius 1 is 0.857 bits per heavy atom. The lowest BCUT2D eigenvalue weighted by Crippen LogP contribution is -2.32. The zero-order valence-corrected chi connectivity index (χ0v) is 15.3. The minimum absolute atomic E-state index is 0.179. The second-order valence-corrected chi connectivity index (χ2v) is 6.19. The maximum atomic E-state index is 12.1. The van der Waals surface area contributed by atoms with Gasteiger partial charge in [0.25, 0.3) is 11.8 Å². The highest BCUT2D eigenvalue weighted by atomic mass is 35.5. The summed E-state index contributed by atoms with van der Waals surface area (Å²) in [5, 5.41) is 8.28. The zero-order valence-electron chi connectivity index (χ0n) is 14.6. The summed E-state index contributed by atoms with van der Waals surface area (Å²) in [6.45, 7) is -0.214. The fraction of sp³-hybridized carbons (Fsp3) is 0.0500. The zero-order chi connectivity index (χ0) is 19.9. The van der Waals surface area contributed by atoms with Crippen molar-refractivity contribution < 1.29 is 18.8 Å². The second-order valence-electron chi connectivity index (χ2n) is 5.75. The summed E-state index contributed by atoms with van der Waals surface area (Å²) in [6.07, 6.45) is 1.41. The average Bonchev–Trinajstić information content (AvgIpc) is 3.21. The van der Waals surface area contributed by atoms with Gasteiger partial charge in [0.2, 0.25) is 5.91 Å². The van der Waals surface area contributed by atoms with E-state index in [1.807, 2.05) is 0 Å². The van der Waals surface area contributed by atoms with Gasteiger partial charge in [-0.05, 0) is 48.5 Å². The van der Waals surface area contributed by atoms with Crippen LogP contribution in [-0.4, -0.2) is 24.3 Å². The van der Waals surface area contributed by atoms with E-state index in [9.17, 15) is 14.4 Å². The summed E-state index contributed by atoms with van der Waals surface area (Å²) in [4.78, 5) is 36.1. The molecule has 1 heterocycles. The first kappa shape index (κ1) is 19.2. The van der Waals surface area contributed by atoms with Crippen LogP contribution in [0.5, 0.6) is 0 Å². The van der Waals surface area contributed by atoms with Crippen LogP contribution >= 0.6 is 11.6 Å². The van der Waals surface area contributed by atoms with E-state index in [1.54, 1.807) is 54.6 Å². The van der Waals surface area contributed by atoms with Crippen molar-refractivity contribution in [3.8, 4) is 0 Å². The molecule has 0 saturated carbocycles. The molecule has 7 nitrogen and oxygen atoms in total. The Kier molecular flexibility index (Phi) is 6.08. The molecule has 0 saturated heterocycles. The summed E-state index contributed by atoms with van der Waals surface area (Å²) in [7, 11) is 0. The van der Waals surface area contributed by atoms with Gasteiger partial charge in [-0.2, -0.15) is 0 Å². The maximum absolute atomic E-state index is 12.1. The number of hydrogen-bond acceptors (Lipinski definition) is 4.